The van der Waals surface area contributed by atoms with Crippen molar-refractivity contribution in [2.45, 2.75) is 6.10 Å². The van der Waals surface area contributed by atoms with Crippen LogP contribution in [0.5, 0.6) is 0 Å². The van der Waals surface area contributed by atoms with Crippen molar-refractivity contribution in [2.24, 2.45) is 0 Å². The van der Waals surface area contributed by atoms with Crippen LogP contribution in [0.15, 0.2) is 12.1 Å². The minimum Gasteiger partial charge on any atom is -0.374 e. The second-order valence-electron chi connectivity index (χ2n) is 3.79. The minimum absolute atomic E-state index is 0.205. The lowest BCUT2D eigenvalue weighted by molar-refractivity contribution is 0.0339. The third kappa shape index (κ3) is 3.04. The van der Waals surface area contributed by atoms with Crippen LogP contribution < -0.4 is 10.2 Å². The second-order valence-corrected chi connectivity index (χ2v) is 4.18. The molecule has 1 aliphatic rings. The van der Waals surface area contributed by atoms with Gasteiger partial charge >= 0.3 is 0 Å². The average Bonchev–Trinajstić information content (AvgIpc) is 2.31. The number of morpholine rings is 1. The molecular formula is C10H15ClN4O. The molecule has 1 fully saturated rings. The van der Waals surface area contributed by atoms with Gasteiger partial charge in [0.2, 0.25) is 0 Å². The van der Waals surface area contributed by atoms with Crippen LogP contribution >= 0.6 is 11.6 Å². The first-order chi connectivity index (χ1) is 7.75. The van der Waals surface area contributed by atoms with Gasteiger partial charge in [-0.15, -0.1) is 10.2 Å². The second kappa shape index (κ2) is 5.43. The monoisotopic (exact) mass is 242 g/mol. The van der Waals surface area contributed by atoms with E-state index in [1.54, 1.807) is 6.07 Å². The maximum atomic E-state index is 5.68. The van der Waals surface area contributed by atoms with Gasteiger partial charge in [-0.2, -0.15) is 0 Å². The summed E-state index contributed by atoms with van der Waals surface area (Å²) >= 11 is 5.68. The van der Waals surface area contributed by atoms with E-state index < -0.39 is 0 Å². The van der Waals surface area contributed by atoms with Crippen LogP contribution in [0.2, 0.25) is 5.15 Å². The topological polar surface area (TPSA) is 50.3 Å². The molecule has 16 heavy (non-hydrogen) atoms. The molecule has 0 aliphatic carbocycles. The number of aromatic nitrogens is 2. The zero-order chi connectivity index (χ0) is 11.4. The molecular weight excluding hydrogens is 228 g/mol. The van der Waals surface area contributed by atoms with Gasteiger partial charge in [0.05, 0.1) is 12.7 Å². The summed E-state index contributed by atoms with van der Waals surface area (Å²) in [5, 5.41) is 11.5. The number of rotatable bonds is 3. The largest absolute Gasteiger partial charge is 0.374 e. The summed E-state index contributed by atoms with van der Waals surface area (Å²) in [6.07, 6.45) is 0.205. The molecule has 6 heteroatoms. The first-order valence-corrected chi connectivity index (χ1v) is 5.66. The fourth-order valence-corrected chi connectivity index (χ4v) is 1.75. The highest BCUT2D eigenvalue weighted by molar-refractivity contribution is 6.29. The Kier molecular flexibility index (Phi) is 3.93. The van der Waals surface area contributed by atoms with Gasteiger partial charge < -0.3 is 15.0 Å². The van der Waals surface area contributed by atoms with Gasteiger partial charge in [0.1, 0.15) is 0 Å². The standard InChI is InChI=1S/C10H15ClN4O/c1-15(7-8-6-12-4-5-16-8)10-3-2-9(11)13-14-10/h2-3,8,12H,4-7H2,1H3. The van der Waals surface area contributed by atoms with Crippen LogP contribution in [0.1, 0.15) is 0 Å². The van der Waals surface area contributed by atoms with E-state index >= 15 is 0 Å². The Morgan fingerprint density at radius 3 is 3.06 bits per heavy atom. The number of anilines is 1. The summed E-state index contributed by atoms with van der Waals surface area (Å²) in [5.74, 6) is 0.804. The summed E-state index contributed by atoms with van der Waals surface area (Å²) in [6.45, 7) is 3.38. The Bertz CT molecular complexity index is 326. The van der Waals surface area contributed by atoms with E-state index in [4.69, 9.17) is 16.3 Å². The van der Waals surface area contributed by atoms with Crippen LogP contribution in [0.3, 0.4) is 0 Å². The minimum atomic E-state index is 0.205. The molecule has 0 aromatic carbocycles. The zero-order valence-corrected chi connectivity index (χ0v) is 9.94. The normalized spacial score (nSPS) is 20.8. The number of likely N-dealkylation sites (N-methyl/N-ethyl adjacent to an activating group) is 1. The van der Waals surface area contributed by atoms with Gasteiger partial charge in [0.15, 0.2) is 11.0 Å². The molecule has 1 saturated heterocycles. The van der Waals surface area contributed by atoms with Crippen LogP contribution in [0, 0.1) is 0 Å². The zero-order valence-electron chi connectivity index (χ0n) is 9.19. The molecule has 2 heterocycles. The van der Waals surface area contributed by atoms with Gasteiger partial charge in [-0.05, 0) is 12.1 Å². The van der Waals surface area contributed by atoms with E-state index in [9.17, 15) is 0 Å². The van der Waals surface area contributed by atoms with Crippen LogP contribution in [0.25, 0.3) is 0 Å². The predicted octanol–water partition coefficient (Wildman–Crippen LogP) is 0.555. The van der Waals surface area contributed by atoms with Crippen molar-refractivity contribution in [3.8, 4) is 0 Å². The Hall–Kier alpha value is -0.910. The van der Waals surface area contributed by atoms with Gasteiger partial charge in [-0.3, -0.25) is 0 Å². The summed E-state index contributed by atoms with van der Waals surface area (Å²) in [4.78, 5) is 2.01. The van der Waals surface area contributed by atoms with E-state index in [1.807, 2.05) is 18.0 Å². The quantitative estimate of drug-likeness (QED) is 0.839. The van der Waals surface area contributed by atoms with Crippen molar-refractivity contribution in [1.29, 1.82) is 0 Å². The third-order valence-electron chi connectivity index (χ3n) is 2.49. The molecule has 0 bridgehead atoms. The van der Waals surface area contributed by atoms with Gasteiger partial charge in [-0.1, -0.05) is 11.6 Å². The summed E-state index contributed by atoms with van der Waals surface area (Å²) in [7, 11) is 1.97. The number of hydrogen-bond acceptors (Lipinski definition) is 5. The highest BCUT2D eigenvalue weighted by Gasteiger charge is 2.16. The maximum Gasteiger partial charge on any atom is 0.151 e. The van der Waals surface area contributed by atoms with Crippen LogP contribution in [-0.2, 0) is 4.74 Å². The van der Waals surface area contributed by atoms with Crippen molar-refractivity contribution < 1.29 is 4.74 Å². The molecule has 88 valence electrons. The fraction of sp³-hybridized carbons (Fsp3) is 0.600. The van der Waals surface area contributed by atoms with Crippen molar-refractivity contribution in [3.05, 3.63) is 17.3 Å². The van der Waals surface area contributed by atoms with Crippen molar-refractivity contribution in [1.82, 2.24) is 15.5 Å². The molecule has 0 spiro atoms. The lowest BCUT2D eigenvalue weighted by Crippen LogP contribution is -2.44. The molecule has 1 atom stereocenters. The molecule has 1 unspecified atom stereocenters. The molecule has 0 amide bonds. The number of nitrogens with zero attached hydrogens (tertiary/aromatic N) is 3. The highest BCUT2D eigenvalue weighted by atomic mass is 35.5. The first kappa shape index (κ1) is 11.6. The van der Waals surface area contributed by atoms with E-state index in [0.717, 1.165) is 32.1 Å². The Balaban J connectivity index is 1.91. The third-order valence-corrected chi connectivity index (χ3v) is 2.69. The number of ether oxygens (including phenoxy) is 1. The van der Waals surface area contributed by atoms with Crippen molar-refractivity contribution in [2.75, 3.05) is 38.2 Å². The first-order valence-electron chi connectivity index (χ1n) is 5.28. The molecule has 0 saturated carbocycles. The molecule has 2 rings (SSSR count). The van der Waals surface area contributed by atoms with E-state index in [-0.39, 0.29) is 6.10 Å². The van der Waals surface area contributed by atoms with Gasteiger partial charge in [0, 0.05) is 26.7 Å². The molecule has 1 N–H and O–H groups in total. The summed E-state index contributed by atoms with van der Waals surface area (Å²) < 4.78 is 5.62. The number of hydrogen-bond donors (Lipinski definition) is 1. The number of halogens is 1. The Morgan fingerprint density at radius 2 is 2.44 bits per heavy atom. The Morgan fingerprint density at radius 1 is 1.56 bits per heavy atom. The smallest absolute Gasteiger partial charge is 0.151 e. The molecule has 0 radical (unpaired) electrons. The molecule has 1 aliphatic heterocycles. The van der Waals surface area contributed by atoms with Crippen molar-refractivity contribution >= 4 is 17.4 Å². The van der Waals surface area contributed by atoms with Gasteiger partial charge in [0.25, 0.3) is 0 Å². The van der Waals surface area contributed by atoms with E-state index in [0.29, 0.717) is 5.15 Å². The summed E-state index contributed by atoms with van der Waals surface area (Å²) in [5.41, 5.74) is 0. The van der Waals surface area contributed by atoms with E-state index in [1.165, 1.54) is 0 Å². The Labute approximate surface area is 99.7 Å². The fourth-order valence-electron chi connectivity index (χ4n) is 1.65. The average molecular weight is 243 g/mol. The molecule has 1 aromatic rings. The SMILES string of the molecule is CN(CC1CNCCO1)c1ccc(Cl)nn1. The summed E-state index contributed by atoms with van der Waals surface area (Å²) in [6, 6.07) is 3.59. The van der Waals surface area contributed by atoms with Crippen molar-refractivity contribution in [3.63, 3.8) is 0 Å². The van der Waals surface area contributed by atoms with E-state index in [2.05, 4.69) is 15.5 Å². The highest BCUT2D eigenvalue weighted by Crippen LogP contribution is 2.11. The predicted molar refractivity (Wildman–Crippen MR) is 62.9 cm³/mol. The maximum absolute atomic E-state index is 5.68. The lowest BCUT2D eigenvalue weighted by Gasteiger charge is -2.28. The molecule has 5 nitrogen and oxygen atoms in total. The molecule has 1 aromatic heterocycles. The number of nitrogens with one attached hydrogen (secondary N) is 1. The van der Waals surface area contributed by atoms with Crippen LogP contribution in [0.4, 0.5) is 5.82 Å². The van der Waals surface area contributed by atoms with Gasteiger partial charge in [-0.25, -0.2) is 0 Å². The lowest BCUT2D eigenvalue weighted by atomic mass is 10.3. The van der Waals surface area contributed by atoms with Crippen LogP contribution in [-0.4, -0.2) is 49.6 Å².